The van der Waals surface area contributed by atoms with Gasteiger partial charge in [0.25, 0.3) is 5.92 Å². The first kappa shape index (κ1) is 11.3. The number of carbonyl (C=O) groups is 1. The molecule has 0 rings (SSSR count). The SMILES string of the molecule is CC(F)(F)C=O.CCC. The summed E-state index contributed by atoms with van der Waals surface area (Å²) in [5.74, 6) is -3.14. The number of carbonyl (C=O) groups excluding carboxylic acids is 1. The van der Waals surface area contributed by atoms with Crippen LogP contribution in [-0.2, 0) is 4.79 Å². The molecule has 0 radical (unpaired) electrons. The van der Waals surface area contributed by atoms with Crippen LogP contribution in [-0.4, -0.2) is 12.2 Å². The average Bonchev–Trinajstić information content (AvgIpc) is 1.67. The second kappa shape index (κ2) is 5.66. The summed E-state index contributed by atoms with van der Waals surface area (Å²) < 4.78 is 22.2. The van der Waals surface area contributed by atoms with Gasteiger partial charge in [0.2, 0.25) is 0 Å². The van der Waals surface area contributed by atoms with Crippen molar-refractivity contribution in [2.45, 2.75) is 33.1 Å². The Labute approximate surface area is 54.1 Å². The normalized spacial score (nSPS) is 9.44. The molecule has 0 N–H and O–H groups in total. The van der Waals surface area contributed by atoms with Crippen LogP contribution in [0.2, 0.25) is 0 Å². The van der Waals surface area contributed by atoms with Gasteiger partial charge in [-0.05, 0) is 0 Å². The Bertz CT molecular complexity index is 65.9. The van der Waals surface area contributed by atoms with Crippen LogP contribution in [0.3, 0.4) is 0 Å². The highest BCUT2D eigenvalue weighted by atomic mass is 19.3. The maximum Gasteiger partial charge on any atom is 0.299 e. The van der Waals surface area contributed by atoms with Crippen LogP contribution in [0.15, 0.2) is 0 Å². The lowest BCUT2D eigenvalue weighted by Crippen LogP contribution is -2.09. The Balaban J connectivity index is 0. The molecular formula is C6H12F2O. The van der Waals surface area contributed by atoms with Gasteiger partial charge in [-0.15, -0.1) is 0 Å². The van der Waals surface area contributed by atoms with E-state index in [0.29, 0.717) is 6.92 Å². The Morgan fingerprint density at radius 2 is 1.56 bits per heavy atom. The van der Waals surface area contributed by atoms with Crippen LogP contribution in [0.5, 0.6) is 0 Å². The minimum Gasteiger partial charge on any atom is -0.297 e. The van der Waals surface area contributed by atoms with E-state index in [0.717, 1.165) is 0 Å². The lowest BCUT2D eigenvalue weighted by Gasteiger charge is -1.93. The highest BCUT2D eigenvalue weighted by Crippen LogP contribution is 2.04. The first-order chi connectivity index (χ1) is 3.97. The molecule has 0 aliphatic heterocycles. The van der Waals surface area contributed by atoms with E-state index in [2.05, 4.69) is 13.8 Å². The zero-order valence-electron chi connectivity index (χ0n) is 5.95. The summed E-state index contributed by atoms with van der Waals surface area (Å²) >= 11 is 0. The van der Waals surface area contributed by atoms with E-state index in [9.17, 15) is 8.78 Å². The third-order valence-corrected chi connectivity index (χ3v) is 0.207. The van der Waals surface area contributed by atoms with Crippen molar-refractivity contribution in [1.82, 2.24) is 0 Å². The van der Waals surface area contributed by atoms with Crippen molar-refractivity contribution < 1.29 is 13.6 Å². The Kier molecular flexibility index (Phi) is 7.14. The summed E-state index contributed by atoms with van der Waals surface area (Å²) in [5, 5.41) is 0. The van der Waals surface area contributed by atoms with Crippen molar-refractivity contribution in [3.63, 3.8) is 0 Å². The fraction of sp³-hybridized carbons (Fsp3) is 0.833. The number of halogens is 2. The number of hydrogen-bond acceptors (Lipinski definition) is 1. The number of aldehydes is 1. The predicted octanol–water partition coefficient (Wildman–Crippen LogP) is 2.26. The molecule has 56 valence electrons. The van der Waals surface area contributed by atoms with Gasteiger partial charge >= 0.3 is 0 Å². The van der Waals surface area contributed by atoms with E-state index >= 15 is 0 Å². The lowest BCUT2D eigenvalue weighted by atomic mass is 10.5. The van der Waals surface area contributed by atoms with Crippen molar-refractivity contribution >= 4 is 6.29 Å². The average molecular weight is 138 g/mol. The van der Waals surface area contributed by atoms with Gasteiger partial charge < -0.3 is 0 Å². The summed E-state index contributed by atoms with van der Waals surface area (Å²) in [6, 6.07) is 0. The number of alkyl halides is 2. The van der Waals surface area contributed by atoms with E-state index in [1.54, 1.807) is 0 Å². The molecule has 0 bridgehead atoms. The molecule has 0 aliphatic carbocycles. The van der Waals surface area contributed by atoms with Gasteiger partial charge in [-0.1, -0.05) is 20.3 Å². The monoisotopic (exact) mass is 138 g/mol. The van der Waals surface area contributed by atoms with Crippen molar-refractivity contribution in [2.75, 3.05) is 0 Å². The van der Waals surface area contributed by atoms with E-state index in [-0.39, 0.29) is 0 Å². The Hall–Kier alpha value is -0.470. The molecule has 0 unspecified atom stereocenters. The first-order valence-corrected chi connectivity index (χ1v) is 2.82. The highest BCUT2D eigenvalue weighted by molar-refractivity contribution is 5.58. The minimum absolute atomic E-state index is 0.396. The molecule has 0 heterocycles. The van der Waals surface area contributed by atoms with Gasteiger partial charge in [-0.3, -0.25) is 4.79 Å². The van der Waals surface area contributed by atoms with Gasteiger partial charge in [0.1, 0.15) is 0 Å². The van der Waals surface area contributed by atoms with E-state index in [1.165, 1.54) is 6.42 Å². The van der Waals surface area contributed by atoms with Crippen molar-refractivity contribution in [2.24, 2.45) is 0 Å². The number of hydrogen-bond donors (Lipinski definition) is 0. The summed E-state index contributed by atoms with van der Waals surface area (Å²) in [6.07, 6.45) is 0.854. The Morgan fingerprint density at radius 3 is 1.56 bits per heavy atom. The molecule has 0 spiro atoms. The summed E-state index contributed by atoms with van der Waals surface area (Å²) in [7, 11) is 0. The van der Waals surface area contributed by atoms with Gasteiger partial charge in [-0.2, -0.15) is 8.78 Å². The fourth-order valence-electron chi connectivity index (χ4n) is 0. The molecule has 0 aliphatic rings. The third-order valence-electron chi connectivity index (χ3n) is 0.207. The minimum atomic E-state index is -3.14. The Morgan fingerprint density at radius 1 is 1.44 bits per heavy atom. The molecular weight excluding hydrogens is 126 g/mol. The topological polar surface area (TPSA) is 17.1 Å². The van der Waals surface area contributed by atoms with Gasteiger partial charge in [0.15, 0.2) is 6.29 Å². The van der Waals surface area contributed by atoms with Crippen molar-refractivity contribution in [1.29, 1.82) is 0 Å². The molecule has 0 fully saturated rings. The van der Waals surface area contributed by atoms with Crippen LogP contribution < -0.4 is 0 Å². The summed E-state index contributed by atoms with van der Waals surface area (Å²) in [6.45, 7) is 4.79. The molecule has 0 atom stereocenters. The maximum absolute atomic E-state index is 11.1. The van der Waals surface area contributed by atoms with Crippen LogP contribution >= 0.6 is 0 Å². The zero-order chi connectivity index (χ0) is 7.91. The summed E-state index contributed by atoms with van der Waals surface area (Å²) in [5.41, 5.74) is 0. The predicted molar refractivity (Wildman–Crippen MR) is 32.6 cm³/mol. The lowest BCUT2D eigenvalue weighted by molar-refractivity contribution is -0.126. The standard InChI is InChI=1S/C3H4F2O.C3H8/c1-3(4,5)2-6;1-3-2/h2H,1H3;3H2,1-2H3. The molecule has 1 nitrogen and oxygen atoms in total. The highest BCUT2D eigenvalue weighted by Gasteiger charge is 2.17. The number of rotatable bonds is 1. The molecule has 0 saturated heterocycles. The van der Waals surface area contributed by atoms with Crippen LogP contribution in [0.4, 0.5) is 8.78 Å². The molecule has 0 aromatic rings. The molecule has 0 amide bonds. The fourth-order valence-corrected chi connectivity index (χ4v) is 0. The van der Waals surface area contributed by atoms with Crippen molar-refractivity contribution in [3.05, 3.63) is 0 Å². The molecule has 3 heteroatoms. The quantitative estimate of drug-likeness (QED) is 0.508. The maximum atomic E-state index is 11.1. The smallest absolute Gasteiger partial charge is 0.297 e. The third kappa shape index (κ3) is 36.0. The van der Waals surface area contributed by atoms with E-state index in [4.69, 9.17) is 4.79 Å². The second-order valence-corrected chi connectivity index (χ2v) is 1.78. The van der Waals surface area contributed by atoms with Crippen LogP contribution in [0.1, 0.15) is 27.2 Å². The molecule has 0 aromatic carbocycles. The van der Waals surface area contributed by atoms with Gasteiger partial charge in [-0.25, -0.2) is 0 Å². The van der Waals surface area contributed by atoms with Crippen LogP contribution in [0.25, 0.3) is 0 Å². The second-order valence-electron chi connectivity index (χ2n) is 1.78. The molecule has 9 heavy (non-hydrogen) atoms. The largest absolute Gasteiger partial charge is 0.299 e. The van der Waals surface area contributed by atoms with E-state index in [1.807, 2.05) is 0 Å². The first-order valence-electron chi connectivity index (χ1n) is 2.82. The van der Waals surface area contributed by atoms with Crippen molar-refractivity contribution in [3.8, 4) is 0 Å². The van der Waals surface area contributed by atoms with Gasteiger partial charge in [0, 0.05) is 6.92 Å². The molecule has 0 saturated carbocycles. The van der Waals surface area contributed by atoms with Gasteiger partial charge in [0.05, 0.1) is 0 Å². The zero-order valence-corrected chi connectivity index (χ0v) is 5.95. The van der Waals surface area contributed by atoms with Crippen LogP contribution in [0, 0.1) is 0 Å². The van der Waals surface area contributed by atoms with E-state index < -0.39 is 12.2 Å². The summed E-state index contributed by atoms with van der Waals surface area (Å²) in [4.78, 5) is 9.08. The molecule has 0 aromatic heterocycles.